The summed E-state index contributed by atoms with van der Waals surface area (Å²) in [4.78, 5) is 26.6. The maximum absolute atomic E-state index is 12.5. The van der Waals surface area contributed by atoms with Crippen LogP contribution in [-0.2, 0) is 4.79 Å². The third-order valence-electron chi connectivity index (χ3n) is 4.31. The number of nitrogens with zero attached hydrogens (tertiary/aromatic N) is 1. The van der Waals surface area contributed by atoms with E-state index in [4.69, 9.17) is 0 Å². The van der Waals surface area contributed by atoms with Gasteiger partial charge >= 0.3 is 0 Å². The van der Waals surface area contributed by atoms with Crippen LogP contribution in [-0.4, -0.2) is 34.6 Å². The lowest BCUT2D eigenvalue weighted by Crippen LogP contribution is -2.32. The molecule has 3 rings (SSSR count). The fourth-order valence-corrected chi connectivity index (χ4v) is 3.90. The maximum Gasteiger partial charge on any atom is 0.233 e. The molecule has 0 aromatic heterocycles. The molecule has 0 spiro atoms. The lowest BCUT2D eigenvalue weighted by atomic mass is 10.0. The standard InChI is InChI=1S/C20H21NO2S/c22-19(17-10-5-2-6-11-17)14-24-15-20(23)21-13-7-12-18(21)16-8-3-1-4-9-16/h1-6,8-11,18H,7,12-15H2. The van der Waals surface area contributed by atoms with Crippen molar-refractivity contribution >= 4 is 23.5 Å². The normalized spacial score (nSPS) is 17.0. The van der Waals surface area contributed by atoms with E-state index in [0.29, 0.717) is 17.1 Å². The predicted octanol–water partition coefficient (Wildman–Crippen LogP) is 3.97. The van der Waals surface area contributed by atoms with Crippen molar-refractivity contribution in [3.05, 3.63) is 71.8 Å². The number of carbonyl (C=O) groups excluding carboxylic acids is 2. The van der Waals surface area contributed by atoms with Gasteiger partial charge in [0.15, 0.2) is 5.78 Å². The first kappa shape index (κ1) is 16.8. The van der Waals surface area contributed by atoms with Gasteiger partial charge in [-0.05, 0) is 18.4 Å². The first-order valence-electron chi connectivity index (χ1n) is 8.26. The highest BCUT2D eigenvalue weighted by Crippen LogP contribution is 2.32. The molecule has 0 radical (unpaired) electrons. The molecule has 1 aliphatic rings. The molecule has 1 saturated heterocycles. The van der Waals surface area contributed by atoms with Gasteiger partial charge in [-0.3, -0.25) is 9.59 Å². The summed E-state index contributed by atoms with van der Waals surface area (Å²) in [7, 11) is 0. The number of rotatable bonds is 6. The Kier molecular flexibility index (Phi) is 5.70. The fraction of sp³-hybridized carbons (Fsp3) is 0.300. The summed E-state index contributed by atoms with van der Waals surface area (Å²) in [5.41, 5.74) is 1.91. The molecule has 2 aromatic carbocycles. The molecular weight excluding hydrogens is 318 g/mol. The van der Waals surface area contributed by atoms with Gasteiger partial charge in [0.25, 0.3) is 0 Å². The highest BCUT2D eigenvalue weighted by molar-refractivity contribution is 8.00. The van der Waals surface area contributed by atoms with E-state index in [2.05, 4.69) is 12.1 Å². The molecule has 0 N–H and O–H groups in total. The maximum atomic E-state index is 12.5. The Morgan fingerprint density at radius 1 is 0.958 bits per heavy atom. The Bertz CT molecular complexity index is 687. The number of carbonyl (C=O) groups is 2. The van der Waals surface area contributed by atoms with Gasteiger partial charge in [0.1, 0.15) is 0 Å². The summed E-state index contributed by atoms with van der Waals surface area (Å²) in [6.45, 7) is 0.811. The second-order valence-corrected chi connectivity index (χ2v) is 6.92. The van der Waals surface area contributed by atoms with E-state index in [1.807, 2.05) is 53.4 Å². The number of benzene rings is 2. The molecule has 0 saturated carbocycles. The molecule has 1 atom stereocenters. The van der Waals surface area contributed by atoms with Crippen LogP contribution in [0, 0.1) is 0 Å². The van der Waals surface area contributed by atoms with E-state index >= 15 is 0 Å². The minimum absolute atomic E-state index is 0.0782. The lowest BCUT2D eigenvalue weighted by molar-refractivity contribution is -0.129. The van der Waals surface area contributed by atoms with Crippen molar-refractivity contribution in [1.29, 1.82) is 0 Å². The quantitative estimate of drug-likeness (QED) is 0.748. The van der Waals surface area contributed by atoms with Gasteiger partial charge < -0.3 is 4.90 Å². The highest BCUT2D eigenvalue weighted by atomic mass is 32.2. The average molecular weight is 339 g/mol. The summed E-state index contributed by atoms with van der Waals surface area (Å²) < 4.78 is 0. The van der Waals surface area contributed by atoms with Crippen molar-refractivity contribution < 1.29 is 9.59 Å². The number of ketones is 1. The topological polar surface area (TPSA) is 37.4 Å². The van der Waals surface area contributed by atoms with Gasteiger partial charge in [-0.15, -0.1) is 11.8 Å². The molecule has 0 aliphatic carbocycles. The van der Waals surface area contributed by atoms with Gasteiger partial charge in [0.2, 0.25) is 5.91 Å². The first-order valence-corrected chi connectivity index (χ1v) is 9.41. The van der Waals surface area contributed by atoms with E-state index in [1.165, 1.54) is 17.3 Å². The molecule has 1 aliphatic heterocycles. The van der Waals surface area contributed by atoms with E-state index in [1.54, 1.807) is 0 Å². The molecule has 1 unspecified atom stereocenters. The van der Waals surface area contributed by atoms with Crippen LogP contribution in [0.3, 0.4) is 0 Å². The van der Waals surface area contributed by atoms with Crippen molar-refractivity contribution in [3.8, 4) is 0 Å². The number of hydrogen-bond acceptors (Lipinski definition) is 3. The number of thioether (sulfide) groups is 1. The zero-order valence-corrected chi connectivity index (χ0v) is 14.4. The molecule has 2 aromatic rings. The van der Waals surface area contributed by atoms with E-state index in [9.17, 15) is 9.59 Å². The second-order valence-electron chi connectivity index (χ2n) is 5.94. The Hall–Kier alpha value is -2.07. The van der Waals surface area contributed by atoms with Crippen LogP contribution in [0.2, 0.25) is 0 Å². The number of likely N-dealkylation sites (tertiary alicyclic amines) is 1. The lowest BCUT2D eigenvalue weighted by Gasteiger charge is -2.25. The summed E-state index contributed by atoms with van der Waals surface area (Å²) in [6.07, 6.45) is 2.06. The van der Waals surface area contributed by atoms with Crippen molar-refractivity contribution in [1.82, 2.24) is 4.90 Å². The second kappa shape index (κ2) is 8.15. The van der Waals surface area contributed by atoms with Gasteiger partial charge in [-0.25, -0.2) is 0 Å². The van der Waals surface area contributed by atoms with Crippen LogP contribution in [0.1, 0.15) is 34.8 Å². The van der Waals surface area contributed by atoms with Crippen LogP contribution in [0.25, 0.3) is 0 Å². The van der Waals surface area contributed by atoms with Crippen LogP contribution in [0.4, 0.5) is 0 Å². The molecule has 24 heavy (non-hydrogen) atoms. The summed E-state index contributed by atoms with van der Waals surface area (Å²) in [6, 6.07) is 19.6. The average Bonchev–Trinajstić information content (AvgIpc) is 3.13. The zero-order valence-electron chi connectivity index (χ0n) is 13.6. The van der Waals surface area contributed by atoms with Crippen LogP contribution in [0.15, 0.2) is 60.7 Å². The number of Topliss-reactive ketones (excluding diaryl/α,β-unsaturated/α-hetero) is 1. The molecule has 1 fully saturated rings. The molecular formula is C20H21NO2S. The van der Waals surface area contributed by atoms with Crippen LogP contribution in [0.5, 0.6) is 0 Å². The van der Waals surface area contributed by atoms with E-state index < -0.39 is 0 Å². The smallest absolute Gasteiger partial charge is 0.233 e. The van der Waals surface area contributed by atoms with E-state index in [-0.39, 0.29) is 17.7 Å². The van der Waals surface area contributed by atoms with Gasteiger partial charge in [0.05, 0.1) is 17.5 Å². The monoisotopic (exact) mass is 339 g/mol. The van der Waals surface area contributed by atoms with Crippen molar-refractivity contribution in [2.24, 2.45) is 0 Å². The third-order valence-corrected chi connectivity index (χ3v) is 5.23. The molecule has 1 amide bonds. The van der Waals surface area contributed by atoms with Crippen molar-refractivity contribution in [3.63, 3.8) is 0 Å². The zero-order chi connectivity index (χ0) is 16.8. The minimum Gasteiger partial charge on any atom is -0.335 e. The number of hydrogen-bond donors (Lipinski definition) is 0. The van der Waals surface area contributed by atoms with Crippen molar-refractivity contribution in [2.45, 2.75) is 18.9 Å². The molecule has 1 heterocycles. The predicted molar refractivity (Wildman–Crippen MR) is 98.2 cm³/mol. The summed E-state index contributed by atoms with van der Waals surface area (Å²) >= 11 is 1.41. The Balaban J connectivity index is 1.52. The Labute approximate surface area is 147 Å². The first-order chi connectivity index (χ1) is 11.8. The van der Waals surface area contributed by atoms with Crippen LogP contribution < -0.4 is 0 Å². The van der Waals surface area contributed by atoms with Gasteiger partial charge in [-0.1, -0.05) is 60.7 Å². The van der Waals surface area contributed by atoms with E-state index in [0.717, 1.165) is 19.4 Å². The minimum atomic E-state index is 0.0782. The van der Waals surface area contributed by atoms with Crippen molar-refractivity contribution in [2.75, 3.05) is 18.1 Å². The fourth-order valence-electron chi connectivity index (χ4n) is 3.11. The summed E-state index contributed by atoms with van der Waals surface area (Å²) in [5.74, 6) is 0.920. The highest BCUT2D eigenvalue weighted by Gasteiger charge is 2.29. The SMILES string of the molecule is O=C(CSCC(=O)N1CCCC1c1ccccc1)c1ccccc1. The molecule has 124 valence electrons. The van der Waals surface area contributed by atoms with Crippen LogP contribution >= 0.6 is 11.8 Å². The Morgan fingerprint density at radius 2 is 1.62 bits per heavy atom. The van der Waals surface area contributed by atoms with Gasteiger partial charge in [-0.2, -0.15) is 0 Å². The molecule has 3 nitrogen and oxygen atoms in total. The Morgan fingerprint density at radius 3 is 2.33 bits per heavy atom. The molecule has 4 heteroatoms. The van der Waals surface area contributed by atoms with Gasteiger partial charge in [0, 0.05) is 12.1 Å². The number of amides is 1. The molecule has 0 bridgehead atoms. The summed E-state index contributed by atoms with van der Waals surface area (Å²) in [5, 5.41) is 0. The third kappa shape index (κ3) is 4.06. The largest absolute Gasteiger partial charge is 0.335 e.